The molecule has 3 rings (SSSR count). The number of fused-ring (bicyclic) bond motifs is 3. The van der Waals surface area contributed by atoms with E-state index in [1.54, 1.807) is 14.2 Å². The van der Waals surface area contributed by atoms with Crippen molar-refractivity contribution in [2.45, 2.75) is 63.9 Å². The first-order valence-electron chi connectivity index (χ1n) is 12.8. The van der Waals surface area contributed by atoms with E-state index in [1.165, 1.54) is 11.1 Å². The summed E-state index contributed by atoms with van der Waals surface area (Å²) in [6.45, 7) is 10.3. The summed E-state index contributed by atoms with van der Waals surface area (Å²) in [5.41, 5.74) is 10.2. The number of methoxy groups -OCH3 is 2. The second-order valence-corrected chi connectivity index (χ2v) is 11.6. The quantitative estimate of drug-likeness (QED) is 0.363. The zero-order valence-electron chi connectivity index (χ0n) is 23.0. The lowest BCUT2D eigenvalue weighted by Crippen LogP contribution is -2.67. The van der Waals surface area contributed by atoms with Crippen LogP contribution in [0.4, 0.5) is 0 Å². The summed E-state index contributed by atoms with van der Waals surface area (Å²) in [5.74, 6) is 2.11. The minimum atomic E-state index is -0.616. The monoisotopic (exact) mass is 466 g/mol. The van der Waals surface area contributed by atoms with Crippen LogP contribution in [0.2, 0.25) is 0 Å². The van der Waals surface area contributed by atoms with Gasteiger partial charge >= 0.3 is 5.97 Å². The number of esters is 1. The lowest BCUT2D eigenvalue weighted by atomic mass is 9.50. The average molecular weight is 466 g/mol. The second-order valence-electron chi connectivity index (χ2n) is 11.6. The molecule has 1 aromatic carbocycles. The van der Waals surface area contributed by atoms with Gasteiger partial charge in [-0.15, -0.1) is 0 Å². The smallest absolute Gasteiger partial charge is 0.322 e. The maximum absolute atomic E-state index is 13.1. The Morgan fingerprint density at radius 2 is 1.71 bits per heavy atom. The molecule has 0 aliphatic carbocycles. The van der Waals surface area contributed by atoms with Crippen LogP contribution >= 0.6 is 0 Å². The zero-order valence-corrected chi connectivity index (χ0v) is 23.0. The van der Waals surface area contributed by atoms with Crippen LogP contribution in [0, 0.1) is 17.8 Å². The molecular formula is C24H42B4N2O4. The van der Waals surface area contributed by atoms with E-state index >= 15 is 0 Å². The van der Waals surface area contributed by atoms with Crippen molar-refractivity contribution < 1.29 is 19.0 Å². The van der Waals surface area contributed by atoms with E-state index in [4.69, 9.17) is 19.9 Å². The Hall–Kier alpha value is -1.53. The predicted octanol–water partition coefficient (Wildman–Crippen LogP) is -2.21. The Labute approximate surface area is 209 Å². The van der Waals surface area contributed by atoms with Crippen LogP contribution < -0.4 is 26.1 Å². The van der Waals surface area contributed by atoms with E-state index in [0.717, 1.165) is 54.8 Å². The molecule has 2 heterocycles. The van der Waals surface area contributed by atoms with Crippen molar-refractivity contribution in [3.05, 3.63) is 11.1 Å². The topological polar surface area (TPSA) is 74.0 Å². The Morgan fingerprint density at radius 1 is 1.12 bits per heavy atom. The minimum absolute atomic E-state index is 0.0346. The molecule has 0 aromatic heterocycles. The number of piperidine rings is 1. The van der Waals surface area contributed by atoms with Crippen LogP contribution in [-0.4, -0.2) is 81.1 Å². The van der Waals surface area contributed by atoms with Gasteiger partial charge in [-0.25, -0.2) is 0 Å². The number of carbonyl (C=O) groups excluding carboxylic acids is 1. The lowest BCUT2D eigenvalue weighted by Gasteiger charge is -2.59. The third kappa shape index (κ3) is 4.53. The highest BCUT2D eigenvalue weighted by Gasteiger charge is 2.54. The fourth-order valence-electron chi connectivity index (χ4n) is 6.55. The van der Waals surface area contributed by atoms with Gasteiger partial charge in [0.15, 0.2) is 19.3 Å². The van der Waals surface area contributed by atoms with Crippen LogP contribution in [0.5, 0.6) is 11.5 Å². The van der Waals surface area contributed by atoms with Gasteiger partial charge in [0.1, 0.15) is 29.6 Å². The average Bonchev–Trinajstić information content (AvgIpc) is 2.74. The molecule has 2 aliphatic rings. The molecule has 0 spiro atoms. The van der Waals surface area contributed by atoms with Crippen LogP contribution in [0.15, 0.2) is 0 Å². The molecule has 1 fully saturated rings. The van der Waals surface area contributed by atoms with Gasteiger partial charge in [0.05, 0.1) is 19.7 Å². The van der Waals surface area contributed by atoms with Gasteiger partial charge in [0, 0.05) is 24.4 Å². The molecule has 10 heteroatoms. The molecule has 1 aromatic rings. The third-order valence-corrected chi connectivity index (χ3v) is 8.37. The Morgan fingerprint density at radius 3 is 2.24 bits per heavy atom. The molecule has 2 aliphatic heterocycles. The summed E-state index contributed by atoms with van der Waals surface area (Å²) in [5, 5.41) is 0. The number of carbonyl (C=O) groups is 1. The maximum Gasteiger partial charge on any atom is 0.322 e. The fraction of sp³-hybridized carbons (Fsp3) is 0.708. The summed E-state index contributed by atoms with van der Waals surface area (Å²) in [6.07, 6.45) is 2.70. The third-order valence-electron chi connectivity index (χ3n) is 8.37. The van der Waals surface area contributed by atoms with E-state index < -0.39 is 11.5 Å². The van der Waals surface area contributed by atoms with Gasteiger partial charge in [-0.2, -0.15) is 0 Å². The zero-order chi connectivity index (χ0) is 25.6. The van der Waals surface area contributed by atoms with Gasteiger partial charge in [-0.05, 0) is 53.2 Å². The Balaban J connectivity index is 2.13. The largest absolute Gasteiger partial charge is 0.493 e. The van der Waals surface area contributed by atoms with E-state index in [1.807, 2.05) is 13.8 Å². The lowest BCUT2D eigenvalue weighted by molar-refractivity contribution is -0.168. The van der Waals surface area contributed by atoms with E-state index in [9.17, 15) is 4.79 Å². The van der Waals surface area contributed by atoms with Crippen molar-refractivity contribution in [1.29, 1.82) is 0 Å². The Kier molecular flexibility index (Phi) is 7.84. The molecule has 0 amide bonds. The molecule has 3 unspecified atom stereocenters. The van der Waals surface area contributed by atoms with Crippen LogP contribution in [0.25, 0.3) is 0 Å². The van der Waals surface area contributed by atoms with Crippen molar-refractivity contribution in [1.82, 2.24) is 4.90 Å². The van der Waals surface area contributed by atoms with Crippen molar-refractivity contribution in [3.8, 4) is 11.5 Å². The summed E-state index contributed by atoms with van der Waals surface area (Å²) in [4.78, 5) is 15.7. The van der Waals surface area contributed by atoms with Gasteiger partial charge in [0.25, 0.3) is 0 Å². The first kappa shape index (κ1) is 27.1. The number of nitrogens with zero attached hydrogens (tertiary/aromatic N) is 1. The summed E-state index contributed by atoms with van der Waals surface area (Å²) in [7, 11) is 12.1. The maximum atomic E-state index is 13.1. The van der Waals surface area contributed by atoms with Crippen LogP contribution in [0.3, 0.4) is 0 Å². The van der Waals surface area contributed by atoms with E-state index in [2.05, 4.69) is 50.1 Å². The standard InChI is InChI=1S/C24H42B4N2O4/c1-12(2)9-14-10-30-8-7-15-16(18(26)21(33-6)20(32-5)17(15)25)23(30,27)11-24(14,28)34-22(31)19(29)13(3)4/h12-14,19H,7-11,25-29H2,1-6H3/t14?,19-,23?,24?/m0/s1. The number of nitrogens with two attached hydrogens (primary N) is 1. The molecule has 34 heavy (non-hydrogen) atoms. The number of hydrogen-bond donors (Lipinski definition) is 1. The highest BCUT2D eigenvalue weighted by molar-refractivity contribution is 6.42. The number of benzene rings is 1. The highest BCUT2D eigenvalue weighted by atomic mass is 16.6. The summed E-state index contributed by atoms with van der Waals surface area (Å²) < 4.78 is 18.0. The molecule has 0 saturated carbocycles. The molecule has 6 nitrogen and oxygen atoms in total. The molecule has 0 bridgehead atoms. The van der Waals surface area contributed by atoms with Crippen molar-refractivity contribution >= 4 is 48.3 Å². The van der Waals surface area contributed by atoms with Gasteiger partial charge in [0.2, 0.25) is 0 Å². The summed E-state index contributed by atoms with van der Waals surface area (Å²) >= 11 is 0. The predicted molar refractivity (Wildman–Crippen MR) is 149 cm³/mol. The van der Waals surface area contributed by atoms with E-state index in [0.29, 0.717) is 5.92 Å². The normalized spacial score (nSPS) is 27.7. The molecule has 1 saturated heterocycles. The number of hydrogen-bond acceptors (Lipinski definition) is 6. The van der Waals surface area contributed by atoms with Gasteiger partial charge < -0.3 is 24.8 Å². The molecule has 184 valence electrons. The van der Waals surface area contributed by atoms with E-state index in [-0.39, 0.29) is 23.2 Å². The molecule has 4 atom stereocenters. The molecule has 0 radical (unpaired) electrons. The molecule has 2 N–H and O–H groups in total. The number of rotatable bonds is 7. The Bertz CT molecular complexity index is 944. The second kappa shape index (κ2) is 9.85. The summed E-state index contributed by atoms with van der Waals surface area (Å²) in [6, 6.07) is -0.616. The SMILES string of the molecule is Bc1c2c(c(B)c(OC)c1OC)C1(B)CC(B)(OC(=O)[C@@H](N)C(C)C)C(CC(C)C)CN1CC2. The van der Waals surface area contributed by atoms with Gasteiger partial charge in [-0.1, -0.05) is 27.7 Å². The van der Waals surface area contributed by atoms with Gasteiger partial charge in [-0.3, -0.25) is 4.79 Å². The number of ether oxygens (including phenoxy) is 3. The van der Waals surface area contributed by atoms with Crippen molar-refractivity contribution in [3.63, 3.8) is 0 Å². The molecular weight excluding hydrogens is 424 g/mol. The van der Waals surface area contributed by atoms with Crippen molar-refractivity contribution in [2.24, 2.45) is 23.5 Å². The fourth-order valence-corrected chi connectivity index (χ4v) is 6.55. The first-order valence-corrected chi connectivity index (χ1v) is 12.8. The highest BCUT2D eigenvalue weighted by Crippen LogP contribution is 2.48. The first-order chi connectivity index (χ1) is 15.8. The van der Waals surface area contributed by atoms with Crippen LogP contribution in [-0.2, 0) is 21.4 Å². The van der Waals surface area contributed by atoms with Crippen LogP contribution in [0.1, 0.15) is 51.7 Å². The van der Waals surface area contributed by atoms with Crippen molar-refractivity contribution in [2.75, 3.05) is 27.3 Å². The minimum Gasteiger partial charge on any atom is -0.493 e.